The Morgan fingerprint density at radius 1 is 0.594 bits per heavy atom. The van der Waals surface area contributed by atoms with E-state index in [4.69, 9.17) is 0 Å². The summed E-state index contributed by atoms with van der Waals surface area (Å²) in [6.07, 6.45) is 7.07. The van der Waals surface area contributed by atoms with E-state index in [-0.39, 0.29) is 0 Å². The van der Waals surface area contributed by atoms with Crippen LogP contribution in [-0.4, -0.2) is 25.2 Å². The summed E-state index contributed by atoms with van der Waals surface area (Å²) in [5, 5.41) is 4.47. The summed E-state index contributed by atoms with van der Waals surface area (Å²) in [5.41, 5.74) is 1.72. The molecule has 0 bridgehead atoms. The molecule has 0 spiro atoms. The lowest BCUT2D eigenvalue weighted by molar-refractivity contribution is 0.427. The Morgan fingerprint density at radius 3 is 1.50 bits per heavy atom. The standard InChI is InChI=1S/C30H29NSi/c1-5-14-26(15-6-1)23-25-31-24-13-22-30(31)32(27-16-7-2-8-17-27,28-18-9-3-10-19-28)29-20-11-4-12-21-29/h1-12,14-21,23,25,30H,13,22,24H2/b25-23-. The molecule has 158 valence electrons. The molecule has 0 aromatic heterocycles. The maximum atomic E-state index is 2.63. The predicted molar refractivity (Wildman–Crippen MR) is 139 cm³/mol. The smallest absolute Gasteiger partial charge is 0.171 e. The molecule has 0 aliphatic carbocycles. The van der Waals surface area contributed by atoms with Gasteiger partial charge in [0.25, 0.3) is 0 Å². The first kappa shape index (κ1) is 20.5. The minimum Gasteiger partial charge on any atom is -0.376 e. The number of hydrogen-bond donors (Lipinski definition) is 0. The lowest BCUT2D eigenvalue weighted by Gasteiger charge is -2.42. The maximum absolute atomic E-state index is 2.63. The molecule has 5 rings (SSSR count). The van der Waals surface area contributed by atoms with Crippen LogP contribution in [-0.2, 0) is 0 Å². The molecule has 0 N–H and O–H groups in total. The van der Waals surface area contributed by atoms with Gasteiger partial charge in [0.05, 0.1) is 0 Å². The molecular weight excluding hydrogens is 402 g/mol. The van der Waals surface area contributed by atoms with Gasteiger partial charge in [-0.1, -0.05) is 121 Å². The lowest BCUT2D eigenvalue weighted by Crippen LogP contribution is -2.76. The van der Waals surface area contributed by atoms with Crippen LogP contribution in [0.25, 0.3) is 6.08 Å². The number of rotatable bonds is 6. The second kappa shape index (κ2) is 9.42. The van der Waals surface area contributed by atoms with Crippen LogP contribution in [0, 0.1) is 0 Å². The van der Waals surface area contributed by atoms with E-state index in [9.17, 15) is 0 Å². The Hall–Kier alpha value is -3.36. The van der Waals surface area contributed by atoms with Crippen LogP contribution in [0.4, 0.5) is 0 Å². The van der Waals surface area contributed by atoms with E-state index in [1.807, 2.05) is 0 Å². The highest BCUT2D eigenvalue weighted by molar-refractivity contribution is 7.12. The fourth-order valence-electron chi connectivity index (χ4n) is 5.36. The van der Waals surface area contributed by atoms with E-state index in [1.54, 1.807) is 0 Å². The van der Waals surface area contributed by atoms with Crippen molar-refractivity contribution in [3.05, 3.63) is 133 Å². The molecule has 32 heavy (non-hydrogen) atoms. The Kier molecular flexibility index (Phi) is 6.04. The first-order valence-corrected chi connectivity index (χ1v) is 13.6. The molecule has 1 fully saturated rings. The van der Waals surface area contributed by atoms with Crippen molar-refractivity contribution >= 4 is 29.7 Å². The molecular formula is C30H29NSi. The third-order valence-corrected chi connectivity index (χ3v) is 12.1. The lowest BCUT2D eigenvalue weighted by atomic mass is 10.2. The van der Waals surface area contributed by atoms with Gasteiger partial charge in [0.1, 0.15) is 0 Å². The van der Waals surface area contributed by atoms with Crippen molar-refractivity contribution in [2.75, 3.05) is 6.54 Å². The Balaban J connectivity index is 1.70. The highest BCUT2D eigenvalue weighted by atomic mass is 28.3. The summed E-state index contributed by atoms with van der Waals surface area (Å²) < 4.78 is 0. The minimum absolute atomic E-state index is 0.467. The fourth-order valence-corrected chi connectivity index (χ4v) is 11.0. The third kappa shape index (κ3) is 3.83. The number of nitrogens with zero attached hydrogens (tertiary/aromatic N) is 1. The first-order valence-electron chi connectivity index (χ1n) is 11.5. The number of benzene rings is 4. The van der Waals surface area contributed by atoms with Gasteiger partial charge in [0, 0.05) is 12.2 Å². The van der Waals surface area contributed by atoms with Crippen molar-refractivity contribution < 1.29 is 0 Å². The van der Waals surface area contributed by atoms with E-state index in [1.165, 1.54) is 34.0 Å². The zero-order valence-electron chi connectivity index (χ0n) is 18.3. The molecule has 4 aromatic rings. The van der Waals surface area contributed by atoms with Crippen molar-refractivity contribution in [3.8, 4) is 0 Å². The van der Waals surface area contributed by atoms with E-state index in [0.29, 0.717) is 5.67 Å². The Bertz CT molecular complexity index is 1040. The zero-order valence-corrected chi connectivity index (χ0v) is 19.3. The summed E-state index contributed by atoms with van der Waals surface area (Å²) in [7, 11) is -2.32. The third-order valence-electron chi connectivity index (χ3n) is 6.74. The molecule has 0 radical (unpaired) electrons. The molecule has 0 saturated carbocycles. The van der Waals surface area contributed by atoms with Gasteiger partial charge < -0.3 is 4.90 Å². The highest BCUT2D eigenvalue weighted by Gasteiger charge is 2.49. The van der Waals surface area contributed by atoms with Gasteiger partial charge in [-0.05, 0) is 46.2 Å². The van der Waals surface area contributed by atoms with Crippen LogP contribution in [0.1, 0.15) is 18.4 Å². The van der Waals surface area contributed by atoms with Crippen molar-refractivity contribution in [1.29, 1.82) is 0 Å². The van der Waals surface area contributed by atoms with Crippen LogP contribution in [0.2, 0.25) is 0 Å². The van der Waals surface area contributed by atoms with E-state index in [0.717, 1.165) is 6.54 Å². The molecule has 0 amide bonds. The zero-order chi connectivity index (χ0) is 21.6. The quantitative estimate of drug-likeness (QED) is 0.312. The summed E-state index contributed by atoms with van der Waals surface area (Å²) in [4.78, 5) is 2.63. The second-order valence-electron chi connectivity index (χ2n) is 8.53. The summed E-state index contributed by atoms with van der Waals surface area (Å²) in [6.45, 7) is 1.11. The van der Waals surface area contributed by atoms with Gasteiger partial charge in [0.15, 0.2) is 8.07 Å². The predicted octanol–water partition coefficient (Wildman–Crippen LogP) is 4.83. The molecule has 1 heterocycles. The van der Waals surface area contributed by atoms with Gasteiger partial charge in [-0.25, -0.2) is 0 Å². The Morgan fingerprint density at radius 2 is 1.03 bits per heavy atom. The summed E-state index contributed by atoms with van der Waals surface area (Å²) in [6, 6.07) is 44.5. The molecule has 2 heteroatoms. The monoisotopic (exact) mass is 431 g/mol. The molecule has 1 atom stereocenters. The van der Waals surface area contributed by atoms with Crippen molar-refractivity contribution in [2.24, 2.45) is 0 Å². The van der Waals surface area contributed by atoms with E-state index in [2.05, 4.69) is 139 Å². The number of hydrogen-bond acceptors (Lipinski definition) is 1. The van der Waals surface area contributed by atoms with Crippen molar-refractivity contribution in [1.82, 2.24) is 4.90 Å². The molecule has 1 aliphatic rings. The normalized spacial score (nSPS) is 16.5. The summed E-state index contributed by atoms with van der Waals surface area (Å²) >= 11 is 0. The highest BCUT2D eigenvalue weighted by Crippen LogP contribution is 2.27. The minimum atomic E-state index is -2.32. The second-order valence-corrected chi connectivity index (χ2v) is 12.5. The van der Waals surface area contributed by atoms with E-state index < -0.39 is 8.07 Å². The van der Waals surface area contributed by atoms with Crippen LogP contribution >= 0.6 is 0 Å². The van der Waals surface area contributed by atoms with Gasteiger partial charge in [-0.2, -0.15) is 0 Å². The molecule has 1 aliphatic heterocycles. The van der Waals surface area contributed by atoms with Crippen LogP contribution in [0.3, 0.4) is 0 Å². The van der Waals surface area contributed by atoms with Crippen LogP contribution < -0.4 is 15.6 Å². The van der Waals surface area contributed by atoms with Gasteiger partial charge in [0.2, 0.25) is 0 Å². The molecule has 1 saturated heterocycles. The topological polar surface area (TPSA) is 3.24 Å². The largest absolute Gasteiger partial charge is 0.376 e. The van der Waals surface area contributed by atoms with Crippen LogP contribution in [0.5, 0.6) is 0 Å². The van der Waals surface area contributed by atoms with E-state index >= 15 is 0 Å². The SMILES string of the molecule is C(=C/N1CCCC1[Si](c1ccccc1)(c1ccccc1)c1ccccc1)/c1ccccc1. The van der Waals surface area contributed by atoms with Gasteiger partial charge >= 0.3 is 0 Å². The molecule has 4 aromatic carbocycles. The average Bonchev–Trinajstić information content (AvgIpc) is 3.35. The van der Waals surface area contributed by atoms with Gasteiger partial charge in [-0.15, -0.1) is 0 Å². The maximum Gasteiger partial charge on any atom is 0.171 e. The van der Waals surface area contributed by atoms with Crippen LogP contribution in [0.15, 0.2) is 128 Å². The van der Waals surface area contributed by atoms with Gasteiger partial charge in [-0.3, -0.25) is 0 Å². The molecule has 1 unspecified atom stereocenters. The number of likely N-dealkylation sites (tertiary alicyclic amines) is 1. The summed E-state index contributed by atoms with van der Waals surface area (Å²) in [5.74, 6) is 0. The van der Waals surface area contributed by atoms with Crippen molar-refractivity contribution in [2.45, 2.75) is 18.5 Å². The Labute approximate surface area is 192 Å². The fraction of sp³-hybridized carbons (Fsp3) is 0.133. The molecule has 1 nitrogen and oxygen atoms in total. The van der Waals surface area contributed by atoms with Crippen molar-refractivity contribution in [3.63, 3.8) is 0 Å². The first-order chi connectivity index (χ1) is 15.9. The average molecular weight is 432 g/mol.